The van der Waals surface area contributed by atoms with Crippen molar-refractivity contribution in [2.75, 3.05) is 5.32 Å². The average Bonchev–Trinajstić information content (AvgIpc) is 2.74. The summed E-state index contributed by atoms with van der Waals surface area (Å²) in [4.78, 5) is 11.5. The molecule has 0 fully saturated rings. The largest absolute Gasteiger partial charge is 0.322 e. The molecule has 76 valence electrons. The Morgan fingerprint density at radius 1 is 1.33 bits per heavy atom. The number of nitrogens with zero attached hydrogens (tertiary/aromatic N) is 1. The van der Waals surface area contributed by atoms with E-state index in [1.807, 2.05) is 0 Å². The number of carbonyl (C=O) groups excluding carboxylic acids is 1. The van der Waals surface area contributed by atoms with Crippen LogP contribution in [0.3, 0.4) is 0 Å². The molecule has 0 unspecified atom stereocenters. The number of aromatic amines is 1. The standard InChI is InChI=1S/C10H8FN3O/c11-8-1-3-9(4-2-8)14-10(15)7-5-12-13-6-7/h1-6H,(H,12,13)(H,14,15). The molecule has 5 heteroatoms. The van der Waals surface area contributed by atoms with Gasteiger partial charge in [-0.2, -0.15) is 5.10 Å². The molecule has 1 aromatic heterocycles. The van der Waals surface area contributed by atoms with Crippen LogP contribution in [-0.2, 0) is 0 Å². The molecule has 1 amide bonds. The minimum absolute atomic E-state index is 0.282. The highest BCUT2D eigenvalue weighted by atomic mass is 19.1. The Bertz CT molecular complexity index is 450. The molecule has 1 aromatic carbocycles. The summed E-state index contributed by atoms with van der Waals surface area (Å²) in [6.45, 7) is 0. The van der Waals surface area contributed by atoms with Crippen molar-refractivity contribution in [2.45, 2.75) is 0 Å². The third-order valence-electron chi connectivity index (χ3n) is 1.86. The summed E-state index contributed by atoms with van der Waals surface area (Å²) in [5.41, 5.74) is 0.974. The highest BCUT2D eigenvalue weighted by Crippen LogP contribution is 2.09. The zero-order valence-electron chi connectivity index (χ0n) is 7.70. The Morgan fingerprint density at radius 3 is 2.67 bits per heavy atom. The number of nitrogens with one attached hydrogen (secondary N) is 2. The number of aromatic nitrogens is 2. The van der Waals surface area contributed by atoms with Crippen LogP contribution in [0.4, 0.5) is 10.1 Å². The Kier molecular flexibility index (Phi) is 2.45. The zero-order chi connectivity index (χ0) is 10.7. The lowest BCUT2D eigenvalue weighted by atomic mass is 10.3. The average molecular weight is 205 g/mol. The van der Waals surface area contributed by atoms with Gasteiger partial charge in [-0.25, -0.2) is 4.39 Å². The predicted octanol–water partition coefficient (Wildman–Crippen LogP) is 1.80. The third kappa shape index (κ3) is 2.19. The Balaban J connectivity index is 2.09. The summed E-state index contributed by atoms with van der Waals surface area (Å²) in [7, 11) is 0. The molecular weight excluding hydrogens is 197 g/mol. The van der Waals surface area contributed by atoms with E-state index >= 15 is 0 Å². The Hall–Kier alpha value is -2.17. The van der Waals surface area contributed by atoms with Gasteiger partial charge in [0.1, 0.15) is 5.82 Å². The molecule has 0 radical (unpaired) electrons. The van der Waals surface area contributed by atoms with E-state index in [1.165, 1.54) is 36.7 Å². The molecular formula is C10H8FN3O. The number of benzene rings is 1. The smallest absolute Gasteiger partial charge is 0.258 e. The lowest BCUT2D eigenvalue weighted by Crippen LogP contribution is -2.10. The van der Waals surface area contributed by atoms with Crippen LogP contribution < -0.4 is 5.32 Å². The van der Waals surface area contributed by atoms with Gasteiger partial charge in [0.05, 0.1) is 11.8 Å². The molecule has 0 spiro atoms. The molecule has 0 atom stereocenters. The monoisotopic (exact) mass is 205 g/mol. The second-order valence-electron chi connectivity index (χ2n) is 2.95. The predicted molar refractivity (Wildman–Crippen MR) is 52.9 cm³/mol. The van der Waals surface area contributed by atoms with Crippen LogP contribution in [0.2, 0.25) is 0 Å². The van der Waals surface area contributed by atoms with Crippen LogP contribution in [-0.4, -0.2) is 16.1 Å². The van der Waals surface area contributed by atoms with Gasteiger partial charge in [-0.05, 0) is 24.3 Å². The number of halogens is 1. The molecule has 4 nitrogen and oxygen atoms in total. The van der Waals surface area contributed by atoms with Crippen molar-refractivity contribution in [3.8, 4) is 0 Å². The van der Waals surface area contributed by atoms with Gasteiger partial charge in [0.2, 0.25) is 0 Å². The highest BCUT2D eigenvalue weighted by molar-refractivity contribution is 6.03. The normalized spacial score (nSPS) is 9.93. The quantitative estimate of drug-likeness (QED) is 0.785. The topological polar surface area (TPSA) is 57.8 Å². The fourth-order valence-corrected chi connectivity index (χ4v) is 1.11. The number of H-pyrrole nitrogens is 1. The molecule has 15 heavy (non-hydrogen) atoms. The minimum atomic E-state index is -0.337. The van der Waals surface area contributed by atoms with E-state index < -0.39 is 0 Å². The van der Waals surface area contributed by atoms with Gasteiger partial charge in [0.25, 0.3) is 5.91 Å². The SMILES string of the molecule is O=C(Nc1ccc(F)cc1)c1cn[nH]c1. The van der Waals surface area contributed by atoms with Crippen molar-refractivity contribution in [3.63, 3.8) is 0 Å². The van der Waals surface area contributed by atoms with Crippen LogP contribution in [0.25, 0.3) is 0 Å². The first-order valence-electron chi connectivity index (χ1n) is 4.31. The molecule has 0 bridgehead atoms. The van der Waals surface area contributed by atoms with E-state index in [0.717, 1.165) is 0 Å². The fraction of sp³-hybridized carbons (Fsp3) is 0. The second kappa shape index (κ2) is 3.91. The summed E-state index contributed by atoms with van der Waals surface area (Å²) in [6, 6.07) is 5.55. The summed E-state index contributed by atoms with van der Waals surface area (Å²) >= 11 is 0. The maximum absolute atomic E-state index is 12.6. The summed E-state index contributed by atoms with van der Waals surface area (Å²) in [5, 5.41) is 8.79. The van der Waals surface area contributed by atoms with Gasteiger partial charge in [0.15, 0.2) is 0 Å². The molecule has 2 aromatic rings. The second-order valence-corrected chi connectivity index (χ2v) is 2.95. The first-order chi connectivity index (χ1) is 7.25. The van der Waals surface area contributed by atoms with E-state index in [9.17, 15) is 9.18 Å². The lowest BCUT2D eigenvalue weighted by molar-refractivity contribution is 0.102. The fourth-order valence-electron chi connectivity index (χ4n) is 1.11. The molecule has 0 aliphatic carbocycles. The first-order valence-corrected chi connectivity index (χ1v) is 4.31. The van der Waals surface area contributed by atoms with Gasteiger partial charge < -0.3 is 5.32 Å². The van der Waals surface area contributed by atoms with Crippen LogP contribution in [0.5, 0.6) is 0 Å². The minimum Gasteiger partial charge on any atom is -0.322 e. The molecule has 0 saturated heterocycles. The molecule has 1 heterocycles. The van der Waals surface area contributed by atoms with Gasteiger partial charge in [-0.1, -0.05) is 0 Å². The van der Waals surface area contributed by atoms with Crippen LogP contribution >= 0.6 is 0 Å². The van der Waals surface area contributed by atoms with Crippen molar-refractivity contribution in [2.24, 2.45) is 0 Å². The van der Waals surface area contributed by atoms with Crippen LogP contribution in [0.15, 0.2) is 36.7 Å². The lowest BCUT2D eigenvalue weighted by Gasteiger charge is -2.02. The summed E-state index contributed by atoms with van der Waals surface area (Å²) < 4.78 is 12.6. The van der Waals surface area contributed by atoms with Crippen molar-refractivity contribution in [1.29, 1.82) is 0 Å². The third-order valence-corrected chi connectivity index (χ3v) is 1.86. The van der Waals surface area contributed by atoms with Crippen molar-refractivity contribution < 1.29 is 9.18 Å². The number of rotatable bonds is 2. The zero-order valence-corrected chi connectivity index (χ0v) is 7.70. The molecule has 2 rings (SSSR count). The summed E-state index contributed by atoms with van der Waals surface area (Å²) in [6.07, 6.45) is 2.90. The van der Waals surface area contributed by atoms with Gasteiger partial charge in [0, 0.05) is 11.9 Å². The van der Waals surface area contributed by atoms with E-state index in [1.54, 1.807) is 0 Å². The molecule has 0 aliphatic rings. The van der Waals surface area contributed by atoms with Crippen molar-refractivity contribution in [3.05, 3.63) is 48.0 Å². The maximum atomic E-state index is 12.6. The van der Waals surface area contributed by atoms with Crippen LogP contribution in [0, 0.1) is 5.82 Å². The number of amides is 1. The van der Waals surface area contributed by atoms with E-state index in [4.69, 9.17) is 0 Å². The van der Waals surface area contributed by atoms with Crippen LogP contribution in [0.1, 0.15) is 10.4 Å². The first kappa shape index (κ1) is 9.39. The maximum Gasteiger partial charge on any atom is 0.258 e. The number of carbonyl (C=O) groups is 1. The number of anilines is 1. The Morgan fingerprint density at radius 2 is 2.07 bits per heavy atom. The summed E-state index contributed by atoms with van der Waals surface area (Å²) in [5.74, 6) is -0.619. The van der Waals surface area contributed by atoms with E-state index in [0.29, 0.717) is 11.3 Å². The van der Waals surface area contributed by atoms with Crippen molar-refractivity contribution in [1.82, 2.24) is 10.2 Å². The van der Waals surface area contributed by atoms with Gasteiger partial charge >= 0.3 is 0 Å². The van der Waals surface area contributed by atoms with E-state index in [2.05, 4.69) is 15.5 Å². The Labute approximate surface area is 85.1 Å². The van der Waals surface area contributed by atoms with Gasteiger partial charge in [-0.15, -0.1) is 0 Å². The number of hydrogen-bond donors (Lipinski definition) is 2. The van der Waals surface area contributed by atoms with Crippen molar-refractivity contribution >= 4 is 11.6 Å². The highest BCUT2D eigenvalue weighted by Gasteiger charge is 2.06. The van der Waals surface area contributed by atoms with E-state index in [-0.39, 0.29) is 11.7 Å². The molecule has 2 N–H and O–H groups in total. The van der Waals surface area contributed by atoms with Gasteiger partial charge in [-0.3, -0.25) is 9.89 Å². The molecule has 0 aliphatic heterocycles. The number of hydrogen-bond acceptors (Lipinski definition) is 2. The molecule has 0 saturated carbocycles.